The highest BCUT2D eigenvalue weighted by atomic mass is 32.1. The topological polar surface area (TPSA) is 61.1 Å². The number of hydrogen-bond acceptors (Lipinski definition) is 5. The molecule has 1 N–H and O–H groups in total. The fraction of sp³-hybridized carbons (Fsp3) is 0.261. The number of nitriles is 1. The van der Waals surface area contributed by atoms with Crippen molar-refractivity contribution >= 4 is 22.7 Å². The fourth-order valence-corrected chi connectivity index (χ4v) is 3.62. The molecule has 0 unspecified atom stereocenters. The van der Waals surface area contributed by atoms with Gasteiger partial charge in [0.15, 0.2) is 10.7 Å². The zero-order chi connectivity index (χ0) is 19.9. The van der Waals surface area contributed by atoms with Crippen molar-refractivity contribution in [3.8, 4) is 17.3 Å². The maximum absolute atomic E-state index is 9.49. The van der Waals surface area contributed by atoms with Gasteiger partial charge < -0.3 is 0 Å². The summed E-state index contributed by atoms with van der Waals surface area (Å²) in [6.07, 6.45) is 2.06. The van der Waals surface area contributed by atoms with E-state index in [1.54, 1.807) is 0 Å². The fourth-order valence-electron chi connectivity index (χ4n) is 2.85. The van der Waals surface area contributed by atoms with Gasteiger partial charge in [0.25, 0.3) is 0 Å². The van der Waals surface area contributed by atoms with Crippen LogP contribution in [0.3, 0.4) is 0 Å². The average Bonchev–Trinajstić information content (AvgIpc) is 3.19. The molecular formula is C23H24N4S. The maximum Gasteiger partial charge on any atom is 0.196 e. The van der Waals surface area contributed by atoms with Gasteiger partial charge in [0.2, 0.25) is 0 Å². The average molecular weight is 389 g/mol. The SMILES string of the molecule is CCc1ccc(N/N=C(/C#N)c2nc(-c3ccc(CC(C)C)cc3)cs2)cc1. The van der Waals surface area contributed by atoms with Crippen molar-refractivity contribution in [2.24, 2.45) is 11.0 Å². The third-order valence-electron chi connectivity index (χ3n) is 4.37. The molecule has 0 aliphatic carbocycles. The Labute approximate surface area is 170 Å². The van der Waals surface area contributed by atoms with Gasteiger partial charge >= 0.3 is 0 Å². The number of benzene rings is 2. The molecule has 3 rings (SSSR count). The van der Waals surface area contributed by atoms with Crippen molar-refractivity contribution in [2.45, 2.75) is 33.6 Å². The Kier molecular flexibility index (Phi) is 6.57. The van der Waals surface area contributed by atoms with E-state index >= 15 is 0 Å². The van der Waals surface area contributed by atoms with E-state index in [0.717, 1.165) is 29.8 Å². The first-order chi connectivity index (χ1) is 13.6. The van der Waals surface area contributed by atoms with Gasteiger partial charge in [0, 0.05) is 10.9 Å². The summed E-state index contributed by atoms with van der Waals surface area (Å²) in [6, 6.07) is 18.6. The van der Waals surface area contributed by atoms with Crippen LogP contribution in [0, 0.1) is 17.2 Å². The minimum absolute atomic E-state index is 0.284. The summed E-state index contributed by atoms with van der Waals surface area (Å²) in [6.45, 7) is 6.55. The van der Waals surface area contributed by atoms with Crippen LogP contribution in [0.4, 0.5) is 5.69 Å². The number of hydrazone groups is 1. The van der Waals surface area contributed by atoms with E-state index in [-0.39, 0.29) is 5.71 Å². The van der Waals surface area contributed by atoms with E-state index in [1.165, 1.54) is 22.5 Å². The van der Waals surface area contributed by atoms with E-state index in [2.05, 4.69) is 66.6 Å². The van der Waals surface area contributed by atoms with Gasteiger partial charge in [-0.25, -0.2) is 4.98 Å². The van der Waals surface area contributed by atoms with Crippen molar-refractivity contribution in [3.05, 3.63) is 70.0 Å². The van der Waals surface area contributed by atoms with E-state index in [9.17, 15) is 5.26 Å². The molecule has 3 aromatic rings. The zero-order valence-electron chi connectivity index (χ0n) is 16.4. The summed E-state index contributed by atoms with van der Waals surface area (Å²) in [4.78, 5) is 4.61. The highest BCUT2D eigenvalue weighted by Crippen LogP contribution is 2.23. The lowest BCUT2D eigenvalue weighted by atomic mass is 10.0. The molecule has 0 saturated carbocycles. The first kappa shape index (κ1) is 19.8. The summed E-state index contributed by atoms with van der Waals surface area (Å²) in [5, 5.41) is 16.3. The van der Waals surface area contributed by atoms with Crippen LogP contribution in [0.5, 0.6) is 0 Å². The van der Waals surface area contributed by atoms with Crippen LogP contribution >= 0.6 is 11.3 Å². The standard InChI is InChI=1S/C23H24N4S/c1-4-17-7-11-20(12-8-17)26-27-21(14-24)23-25-22(15-28-23)19-9-5-18(6-10-19)13-16(2)3/h5-12,15-16,26H,4,13H2,1-3H3/b27-21-. The Morgan fingerprint density at radius 3 is 2.39 bits per heavy atom. The second-order valence-corrected chi connectivity index (χ2v) is 7.93. The third-order valence-corrected chi connectivity index (χ3v) is 5.21. The van der Waals surface area contributed by atoms with Crippen LogP contribution in [0.1, 0.15) is 36.9 Å². The number of hydrogen-bond donors (Lipinski definition) is 1. The lowest BCUT2D eigenvalue weighted by Gasteiger charge is -2.05. The molecule has 0 radical (unpaired) electrons. The second-order valence-electron chi connectivity index (χ2n) is 7.07. The zero-order valence-corrected chi connectivity index (χ0v) is 17.3. The molecule has 0 saturated heterocycles. The molecule has 1 heterocycles. The van der Waals surface area contributed by atoms with Crippen LogP contribution < -0.4 is 5.43 Å². The first-order valence-corrected chi connectivity index (χ1v) is 10.3. The second kappa shape index (κ2) is 9.29. The Bertz CT molecular complexity index is 977. The van der Waals surface area contributed by atoms with Crippen LogP contribution in [0.2, 0.25) is 0 Å². The predicted octanol–water partition coefficient (Wildman–Crippen LogP) is 5.91. The largest absolute Gasteiger partial charge is 0.277 e. The van der Waals surface area contributed by atoms with E-state index in [1.807, 2.05) is 29.6 Å². The molecule has 0 atom stereocenters. The smallest absolute Gasteiger partial charge is 0.196 e. The Hall–Kier alpha value is -2.97. The lowest BCUT2D eigenvalue weighted by molar-refractivity contribution is 0.647. The Balaban J connectivity index is 1.74. The third kappa shape index (κ3) is 5.05. The Morgan fingerprint density at radius 1 is 1.11 bits per heavy atom. The molecule has 5 heteroatoms. The maximum atomic E-state index is 9.49. The van der Waals surface area contributed by atoms with Crippen molar-refractivity contribution < 1.29 is 0 Å². The van der Waals surface area contributed by atoms with Gasteiger partial charge in [-0.05, 0) is 42.0 Å². The van der Waals surface area contributed by atoms with Crippen molar-refractivity contribution in [2.75, 3.05) is 5.43 Å². The molecule has 0 bridgehead atoms. The lowest BCUT2D eigenvalue weighted by Crippen LogP contribution is -2.01. The van der Waals surface area contributed by atoms with Gasteiger partial charge in [0.1, 0.15) is 6.07 Å². The molecule has 0 aliphatic heterocycles. The summed E-state index contributed by atoms with van der Waals surface area (Å²) in [5.41, 5.74) is 8.59. The van der Waals surface area contributed by atoms with Crippen molar-refractivity contribution in [3.63, 3.8) is 0 Å². The molecule has 142 valence electrons. The normalized spacial score (nSPS) is 11.5. The van der Waals surface area contributed by atoms with E-state index < -0.39 is 0 Å². The van der Waals surface area contributed by atoms with E-state index in [4.69, 9.17) is 0 Å². The molecule has 1 aromatic heterocycles. The number of nitrogens with one attached hydrogen (secondary N) is 1. The van der Waals surface area contributed by atoms with Crippen LogP contribution in [-0.4, -0.2) is 10.7 Å². The van der Waals surface area contributed by atoms with Gasteiger partial charge in [-0.15, -0.1) is 11.3 Å². The van der Waals surface area contributed by atoms with Crippen molar-refractivity contribution in [1.29, 1.82) is 5.26 Å². The van der Waals surface area contributed by atoms with Gasteiger partial charge in [0.05, 0.1) is 11.4 Å². The number of thiazole rings is 1. The van der Waals surface area contributed by atoms with Crippen LogP contribution in [0.15, 0.2) is 59.0 Å². The Morgan fingerprint density at radius 2 is 1.79 bits per heavy atom. The molecule has 0 fully saturated rings. The monoisotopic (exact) mass is 388 g/mol. The number of aryl methyl sites for hydroxylation is 1. The first-order valence-electron chi connectivity index (χ1n) is 9.47. The van der Waals surface area contributed by atoms with Gasteiger partial charge in [-0.1, -0.05) is 57.2 Å². The summed E-state index contributed by atoms with van der Waals surface area (Å²) in [5.74, 6) is 0.636. The van der Waals surface area contributed by atoms with Gasteiger partial charge in [-0.2, -0.15) is 10.4 Å². The molecule has 28 heavy (non-hydrogen) atoms. The number of rotatable bonds is 7. The molecule has 0 aliphatic rings. The summed E-state index contributed by atoms with van der Waals surface area (Å²) >= 11 is 1.43. The highest BCUT2D eigenvalue weighted by Gasteiger charge is 2.11. The quantitative estimate of drug-likeness (QED) is 0.404. The minimum Gasteiger partial charge on any atom is -0.277 e. The summed E-state index contributed by atoms with van der Waals surface area (Å²) < 4.78 is 0. The van der Waals surface area contributed by atoms with Crippen LogP contribution in [0.25, 0.3) is 11.3 Å². The molecular weight excluding hydrogens is 364 g/mol. The summed E-state index contributed by atoms with van der Waals surface area (Å²) in [7, 11) is 0. The minimum atomic E-state index is 0.284. The molecule has 4 nitrogen and oxygen atoms in total. The molecule has 2 aromatic carbocycles. The number of aromatic nitrogens is 1. The molecule has 0 spiro atoms. The predicted molar refractivity (Wildman–Crippen MR) is 118 cm³/mol. The van der Waals surface area contributed by atoms with Crippen LogP contribution in [-0.2, 0) is 12.8 Å². The van der Waals surface area contributed by atoms with E-state index in [0.29, 0.717) is 10.9 Å². The molecule has 0 amide bonds. The highest BCUT2D eigenvalue weighted by molar-refractivity contribution is 7.12. The van der Waals surface area contributed by atoms with Crippen molar-refractivity contribution in [1.82, 2.24) is 4.98 Å². The number of anilines is 1. The number of nitrogens with zero attached hydrogens (tertiary/aromatic N) is 3. The van der Waals surface area contributed by atoms with Gasteiger partial charge in [-0.3, -0.25) is 5.43 Å².